The highest BCUT2D eigenvalue weighted by molar-refractivity contribution is 5.79. The molecule has 0 radical (unpaired) electrons. The summed E-state index contributed by atoms with van der Waals surface area (Å²) in [5.41, 5.74) is 6.73. The molecule has 1 aliphatic rings. The number of rotatable bonds is 5. The van der Waals surface area contributed by atoms with Crippen molar-refractivity contribution in [2.45, 2.75) is 25.8 Å². The van der Waals surface area contributed by atoms with Crippen molar-refractivity contribution >= 4 is 11.9 Å². The number of hydrogen-bond donors (Lipinski definition) is 2. The van der Waals surface area contributed by atoms with Gasteiger partial charge in [-0.3, -0.25) is 4.79 Å². The molecule has 0 spiro atoms. The normalized spacial score (nSPS) is 22.0. The summed E-state index contributed by atoms with van der Waals surface area (Å²) in [6.45, 7) is 1.12. The molecule has 0 saturated heterocycles. The van der Waals surface area contributed by atoms with Gasteiger partial charge < -0.3 is 20.5 Å². The molecule has 1 saturated carbocycles. The zero-order chi connectivity index (χ0) is 14.7. The molecule has 2 atom stereocenters. The second-order valence-electron chi connectivity index (χ2n) is 5.75. The topological polar surface area (TPSA) is 76.2 Å². The molecule has 2 rings (SSSR count). The van der Waals surface area contributed by atoms with Crippen LogP contribution >= 0.6 is 0 Å². The van der Waals surface area contributed by atoms with Crippen LogP contribution in [0.1, 0.15) is 25.0 Å². The van der Waals surface area contributed by atoms with E-state index in [2.05, 4.69) is 10.3 Å². The highest BCUT2D eigenvalue weighted by Crippen LogP contribution is 2.31. The predicted molar refractivity (Wildman–Crippen MR) is 79.3 cm³/mol. The summed E-state index contributed by atoms with van der Waals surface area (Å²) in [4.78, 5) is 18.5. The Morgan fingerprint density at radius 1 is 1.55 bits per heavy atom. The lowest BCUT2D eigenvalue weighted by atomic mass is 9.95. The minimum atomic E-state index is 0.0848. The Balaban J connectivity index is 1.93. The molecule has 0 aromatic carbocycles. The van der Waals surface area contributed by atoms with Crippen LogP contribution in [0.15, 0.2) is 6.20 Å². The van der Waals surface area contributed by atoms with Crippen LogP contribution < -0.4 is 16.0 Å². The number of amides is 1. The summed E-state index contributed by atoms with van der Waals surface area (Å²) in [7, 11) is 5.87. The lowest BCUT2D eigenvalue weighted by Crippen LogP contribution is -2.35. The number of aromatic nitrogens is 2. The van der Waals surface area contributed by atoms with Crippen molar-refractivity contribution < 1.29 is 4.79 Å². The molecule has 1 heterocycles. The third-order valence-electron chi connectivity index (χ3n) is 4.20. The van der Waals surface area contributed by atoms with E-state index in [0.717, 1.165) is 30.9 Å². The maximum atomic E-state index is 12.2. The summed E-state index contributed by atoms with van der Waals surface area (Å²) in [6, 6.07) is 0. The van der Waals surface area contributed by atoms with Gasteiger partial charge in [-0.05, 0) is 25.3 Å². The van der Waals surface area contributed by atoms with E-state index in [1.54, 1.807) is 0 Å². The summed E-state index contributed by atoms with van der Waals surface area (Å²) in [5.74, 6) is 1.45. The van der Waals surface area contributed by atoms with Gasteiger partial charge in [0.05, 0.1) is 18.4 Å². The minimum Gasteiger partial charge on any atom is -0.350 e. The number of hydrogen-bond acceptors (Lipinski definition) is 4. The Kier molecular flexibility index (Phi) is 4.65. The average Bonchev–Trinajstić information content (AvgIpc) is 3.02. The maximum absolute atomic E-state index is 12.2. The van der Waals surface area contributed by atoms with Crippen LogP contribution in [-0.4, -0.2) is 36.1 Å². The van der Waals surface area contributed by atoms with Gasteiger partial charge in [0.25, 0.3) is 0 Å². The van der Waals surface area contributed by atoms with E-state index in [4.69, 9.17) is 5.73 Å². The number of carbonyl (C=O) groups is 1. The Hall–Kier alpha value is -1.56. The number of imidazole rings is 1. The van der Waals surface area contributed by atoms with E-state index in [1.165, 1.54) is 0 Å². The van der Waals surface area contributed by atoms with Crippen LogP contribution in [0.5, 0.6) is 0 Å². The Labute approximate surface area is 120 Å². The Bertz CT molecular complexity index is 468. The first-order chi connectivity index (χ1) is 9.54. The zero-order valence-electron chi connectivity index (χ0n) is 12.6. The minimum absolute atomic E-state index is 0.0848. The van der Waals surface area contributed by atoms with E-state index >= 15 is 0 Å². The van der Waals surface area contributed by atoms with E-state index in [9.17, 15) is 4.79 Å². The van der Waals surface area contributed by atoms with E-state index in [0.29, 0.717) is 19.0 Å². The first-order valence-electron chi connectivity index (χ1n) is 7.20. The van der Waals surface area contributed by atoms with Gasteiger partial charge in [-0.25, -0.2) is 4.98 Å². The van der Waals surface area contributed by atoms with Crippen LogP contribution in [-0.2, 0) is 18.4 Å². The number of nitrogens with one attached hydrogen (secondary N) is 1. The molecule has 1 aromatic heterocycles. The van der Waals surface area contributed by atoms with Crippen molar-refractivity contribution in [1.29, 1.82) is 0 Å². The highest BCUT2D eigenvalue weighted by atomic mass is 16.1. The van der Waals surface area contributed by atoms with Crippen molar-refractivity contribution in [3.8, 4) is 0 Å². The fourth-order valence-corrected chi connectivity index (χ4v) is 2.99. The molecule has 1 aromatic rings. The average molecular weight is 279 g/mol. The van der Waals surface area contributed by atoms with Crippen LogP contribution in [0.3, 0.4) is 0 Å². The second-order valence-corrected chi connectivity index (χ2v) is 5.75. The van der Waals surface area contributed by atoms with Gasteiger partial charge >= 0.3 is 0 Å². The van der Waals surface area contributed by atoms with Crippen molar-refractivity contribution in [2.24, 2.45) is 24.6 Å². The van der Waals surface area contributed by atoms with Gasteiger partial charge in [0.2, 0.25) is 11.9 Å². The summed E-state index contributed by atoms with van der Waals surface area (Å²) < 4.78 is 2.00. The van der Waals surface area contributed by atoms with Crippen molar-refractivity contribution in [2.75, 3.05) is 25.5 Å². The van der Waals surface area contributed by atoms with Gasteiger partial charge in [0.15, 0.2) is 0 Å². The molecule has 6 heteroatoms. The molecule has 20 heavy (non-hydrogen) atoms. The van der Waals surface area contributed by atoms with Crippen LogP contribution in [0.2, 0.25) is 0 Å². The summed E-state index contributed by atoms with van der Waals surface area (Å²) >= 11 is 0. The molecule has 1 amide bonds. The lowest BCUT2D eigenvalue weighted by Gasteiger charge is -2.18. The van der Waals surface area contributed by atoms with Crippen molar-refractivity contribution in [3.05, 3.63) is 11.9 Å². The van der Waals surface area contributed by atoms with Gasteiger partial charge in [-0.2, -0.15) is 0 Å². The van der Waals surface area contributed by atoms with Gasteiger partial charge in [0.1, 0.15) is 0 Å². The second kappa shape index (κ2) is 6.26. The highest BCUT2D eigenvalue weighted by Gasteiger charge is 2.31. The van der Waals surface area contributed by atoms with E-state index < -0.39 is 0 Å². The predicted octanol–water partition coefficient (Wildman–Crippen LogP) is 0.477. The maximum Gasteiger partial charge on any atom is 0.223 e. The van der Waals surface area contributed by atoms with Crippen molar-refractivity contribution in [3.63, 3.8) is 0 Å². The molecule has 0 unspecified atom stereocenters. The quantitative estimate of drug-likeness (QED) is 0.822. The Morgan fingerprint density at radius 3 is 2.90 bits per heavy atom. The van der Waals surface area contributed by atoms with Gasteiger partial charge in [0, 0.05) is 27.1 Å². The molecular weight excluding hydrogens is 254 g/mol. The van der Waals surface area contributed by atoms with Crippen molar-refractivity contribution in [1.82, 2.24) is 14.9 Å². The molecule has 0 aliphatic heterocycles. The first-order valence-corrected chi connectivity index (χ1v) is 7.20. The third kappa shape index (κ3) is 2.95. The number of nitrogens with two attached hydrogens (primary N) is 1. The van der Waals surface area contributed by atoms with E-state index in [1.807, 2.05) is 36.8 Å². The molecule has 112 valence electrons. The molecule has 6 nitrogen and oxygen atoms in total. The van der Waals surface area contributed by atoms with Crippen LogP contribution in [0.25, 0.3) is 0 Å². The molecule has 1 aliphatic carbocycles. The monoisotopic (exact) mass is 279 g/mol. The van der Waals surface area contributed by atoms with Gasteiger partial charge in [-0.15, -0.1) is 0 Å². The zero-order valence-corrected chi connectivity index (χ0v) is 12.6. The fraction of sp³-hybridized carbons (Fsp3) is 0.714. The standard InChI is InChI=1S/C14H25N5O/c1-18(2)14-17-9-11(19(14)3)8-16-13(20)12-6-4-5-10(12)7-15/h9-10,12H,4-8,15H2,1-3H3,(H,16,20)/t10-,12-/m1/s1. The largest absolute Gasteiger partial charge is 0.350 e. The fourth-order valence-electron chi connectivity index (χ4n) is 2.99. The number of anilines is 1. The smallest absolute Gasteiger partial charge is 0.223 e. The van der Waals surface area contributed by atoms with Gasteiger partial charge in [-0.1, -0.05) is 6.42 Å². The van der Waals surface area contributed by atoms with Crippen LogP contribution in [0, 0.1) is 11.8 Å². The van der Waals surface area contributed by atoms with E-state index in [-0.39, 0.29) is 11.8 Å². The molecular formula is C14H25N5O. The number of carbonyl (C=O) groups excluding carboxylic acids is 1. The number of nitrogens with zero attached hydrogens (tertiary/aromatic N) is 3. The Morgan fingerprint density at radius 2 is 2.30 bits per heavy atom. The lowest BCUT2D eigenvalue weighted by molar-refractivity contribution is -0.126. The molecule has 1 fully saturated rings. The third-order valence-corrected chi connectivity index (χ3v) is 4.20. The molecule has 3 N–H and O–H groups in total. The molecule has 0 bridgehead atoms. The SMILES string of the molecule is CN(C)c1ncc(CNC(=O)[C@@H]2CCC[C@@H]2CN)n1C. The summed E-state index contributed by atoms with van der Waals surface area (Å²) in [5, 5.41) is 3.02. The summed E-state index contributed by atoms with van der Waals surface area (Å²) in [6.07, 6.45) is 4.95. The van der Waals surface area contributed by atoms with Crippen LogP contribution in [0.4, 0.5) is 5.95 Å². The first kappa shape index (κ1) is 14.8.